The fourth-order valence-electron chi connectivity index (χ4n) is 3.70. The van der Waals surface area contributed by atoms with E-state index in [4.69, 9.17) is 0 Å². The van der Waals surface area contributed by atoms with Crippen molar-refractivity contribution in [1.29, 1.82) is 0 Å². The first-order valence-corrected chi connectivity index (χ1v) is 10.3. The van der Waals surface area contributed by atoms with Crippen LogP contribution in [0.4, 0.5) is 10.2 Å². The van der Waals surface area contributed by atoms with Gasteiger partial charge in [-0.2, -0.15) is 4.68 Å². The van der Waals surface area contributed by atoms with Crippen molar-refractivity contribution >= 4 is 29.0 Å². The number of carbonyl (C=O) groups excluding carboxylic acids is 1. The summed E-state index contributed by atoms with van der Waals surface area (Å²) < 4.78 is 14.8. The number of piperazine rings is 1. The van der Waals surface area contributed by atoms with Crippen molar-refractivity contribution in [3.63, 3.8) is 0 Å². The number of fused-ring (bicyclic) bond motifs is 1. The van der Waals surface area contributed by atoms with Gasteiger partial charge in [-0.05, 0) is 35.9 Å². The second-order valence-electron chi connectivity index (χ2n) is 7.40. The Morgan fingerprint density at radius 1 is 0.938 bits per heavy atom. The third-order valence-corrected chi connectivity index (χ3v) is 5.40. The van der Waals surface area contributed by atoms with Crippen LogP contribution in [0.1, 0.15) is 5.56 Å². The van der Waals surface area contributed by atoms with Crippen molar-refractivity contribution in [3.05, 3.63) is 78.4 Å². The molecule has 0 radical (unpaired) electrons. The van der Waals surface area contributed by atoms with Gasteiger partial charge in [0.1, 0.15) is 12.1 Å². The number of anilines is 1. The summed E-state index contributed by atoms with van der Waals surface area (Å²) in [5.41, 5.74) is 2.78. The first-order chi connectivity index (χ1) is 15.7. The summed E-state index contributed by atoms with van der Waals surface area (Å²) in [5.74, 6) is 0.346. The van der Waals surface area contributed by atoms with Gasteiger partial charge in [-0.25, -0.2) is 14.4 Å². The lowest BCUT2D eigenvalue weighted by atomic mass is 10.2. The van der Waals surface area contributed by atoms with Crippen LogP contribution >= 0.6 is 0 Å². The fraction of sp³-hybridized carbons (Fsp3) is 0.174. The predicted molar refractivity (Wildman–Crippen MR) is 119 cm³/mol. The van der Waals surface area contributed by atoms with E-state index < -0.39 is 0 Å². The van der Waals surface area contributed by atoms with Gasteiger partial charge in [0.2, 0.25) is 5.91 Å². The van der Waals surface area contributed by atoms with Gasteiger partial charge >= 0.3 is 0 Å². The average molecular weight is 429 g/mol. The molecule has 4 aromatic rings. The quantitative estimate of drug-likeness (QED) is 0.464. The van der Waals surface area contributed by atoms with Crippen LogP contribution in [0.2, 0.25) is 0 Å². The monoisotopic (exact) mass is 429 g/mol. The van der Waals surface area contributed by atoms with Crippen molar-refractivity contribution in [2.75, 3.05) is 31.1 Å². The molecule has 0 spiro atoms. The van der Waals surface area contributed by atoms with E-state index >= 15 is 0 Å². The maximum atomic E-state index is 13.3. The lowest BCUT2D eigenvalue weighted by Crippen LogP contribution is -2.48. The number of hydrogen-bond acceptors (Lipinski definition) is 6. The fourth-order valence-corrected chi connectivity index (χ4v) is 3.70. The summed E-state index contributed by atoms with van der Waals surface area (Å²) in [6.07, 6.45) is 4.92. The number of nitrogens with zero attached hydrogens (tertiary/aromatic N) is 7. The topological polar surface area (TPSA) is 80.0 Å². The smallest absolute Gasteiger partial charge is 0.246 e. The summed E-state index contributed by atoms with van der Waals surface area (Å²) in [6, 6.07) is 15.7. The van der Waals surface area contributed by atoms with Crippen LogP contribution in [0.3, 0.4) is 0 Å². The molecule has 1 aliphatic rings. The zero-order chi connectivity index (χ0) is 21.9. The number of carbonyl (C=O) groups is 1. The molecule has 0 atom stereocenters. The van der Waals surface area contributed by atoms with Gasteiger partial charge in [-0.1, -0.05) is 35.5 Å². The number of halogens is 1. The third kappa shape index (κ3) is 3.92. The molecule has 5 rings (SSSR count). The molecule has 9 heteroatoms. The molecule has 3 heterocycles. The molecule has 2 aromatic heterocycles. The van der Waals surface area contributed by atoms with Gasteiger partial charge < -0.3 is 9.80 Å². The van der Waals surface area contributed by atoms with Crippen LogP contribution < -0.4 is 4.90 Å². The van der Waals surface area contributed by atoms with Crippen LogP contribution in [0.5, 0.6) is 0 Å². The number of hydrogen-bond donors (Lipinski definition) is 0. The lowest BCUT2D eigenvalue weighted by molar-refractivity contribution is -0.126. The molecule has 1 aliphatic heterocycles. The lowest BCUT2D eigenvalue weighted by Gasteiger charge is -2.34. The largest absolute Gasteiger partial charge is 0.351 e. The molecule has 2 aromatic carbocycles. The first kappa shape index (κ1) is 19.8. The summed E-state index contributed by atoms with van der Waals surface area (Å²) >= 11 is 0. The second-order valence-corrected chi connectivity index (χ2v) is 7.40. The van der Waals surface area contributed by atoms with Crippen molar-refractivity contribution in [3.8, 4) is 5.69 Å². The Balaban J connectivity index is 1.30. The molecular weight excluding hydrogens is 409 g/mol. The Bertz CT molecular complexity index is 1260. The average Bonchev–Trinajstić information content (AvgIpc) is 3.28. The summed E-state index contributed by atoms with van der Waals surface area (Å²) in [6.45, 7) is 2.41. The highest BCUT2D eigenvalue weighted by molar-refractivity contribution is 5.92. The molecule has 1 saturated heterocycles. The standard InChI is InChI=1S/C23H20FN7O/c24-18-7-9-19(10-8-18)31-23-21(27-28-31)22(25-16-26-23)30-14-12-29(13-15-30)20(32)11-6-17-4-2-1-3-5-17/h1-11,16H,12-15H2. The van der Waals surface area contributed by atoms with Crippen molar-refractivity contribution in [2.45, 2.75) is 0 Å². The molecule has 8 nitrogen and oxygen atoms in total. The SMILES string of the molecule is O=C(C=Cc1ccccc1)N1CCN(c2ncnc3c2nnn3-c2ccc(F)cc2)CC1. The van der Waals surface area contributed by atoms with E-state index in [2.05, 4.69) is 25.2 Å². The first-order valence-electron chi connectivity index (χ1n) is 10.3. The molecule has 0 aliphatic carbocycles. The predicted octanol–water partition coefficient (Wildman–Crippen LogP) is 2.71. The summed E-state index contributed by atoms with van der Waals surface area (Å²) in [4.78, 5) is 25.2. The van der Waals surface area contributed by atoms with Gasteiger partial charge in [0.05, 0.1) is 5.69 Å². The number of benzene rings is 2. The van der Waals surface area contributed by atoms with Crippen LogP contribution in [0.15, 0.2) is 67.0 Å². The highest BCUT2D eigenvalue weighted by atomic mass is 19.1. The molecule has 1 amide bonds. The molecule has 0 N–H and O–H groups in total. The van der Waals surface area contributed by atoms with Crippen LogP contribution in [-0.4, -0.2) is 61.9 Å². The van der Waals surface area contributed by atoms with Crippen molar-refractivity contribution in [2.24, 2.45) is 0 Å². The second kappa shape index (κ2) is 8.54. The van der Waals surface area contributed by atoms with E-state index in [1.54, 1.807) is 22.9 Å². The Hall–Kier alpha value is -4.14. The van der Waals surface area contributed by atoms with E-state index in [1.807, 2.05) is 41.3 Å². The Morgan fingerprint density at radius 2 is 1.69 bits per heavy atom. The van der Waals surface area contributed by atoms with E-state index in [-0.39, 0.29) is 11.7 Å². The van der Waals surface area contributed by atoms with E-state index in [9.17, 15) is 9.18 Å². The Morgan fingerprint density at radius 3 is 2.44 bits per heavy atom. The Labute approximate surface area is 183 Å². The van der Waals surface area contributed by atoms with E-state index in [0.717, 1.165) is 5.56 Å². The number of amides is 1. The maximum absolute atomic E-state index is 13.3. The molecule has 0 unspecified atom stereocenters. The molecule has 0 saturated carbocycles. The van der Waals surface area contributed by atoms with Gasteiger partial charge in [-0.3, -0.25) is 4.79 Å². The zero-order valence-corrected chi connectivity index (χ0v) is 17.2. The van der Waals surface area contributed by atoms with Crippen LogP contribution in [-0.2, 0) is 4.79 Å². The van der Waals surface area contributed by atoms with Crippen molar-refractivity contribution < 1.29 is 9.18 Å². The zero-order valence-electron chi connectivity index (χ0n) is 17.2. The van der Waals surface area contributed by atoms with Crippen molar-refractivity contribution in [1.82, 2.24) is 29.9 Å². The number of rotatable bonds is 4. The maximum Gasteiger partial charge on any atom is 0.246 e. The van der Waals surface area contributed by atoms with E-state index in [0.29, 0.717) is 48.8 Å². The highest BCUT2D eigenvalue weighted by Crippen LogP contribution is 2.23. The minimum atomic E-state index is -0.320. The molecule has 1 fully saturated rings. The molecular formula is C23H20FN7O. The molecule has 160 valence electrons. The Kier molecular flexibility index (Phi) is 5.29. The van der Waals surface area contributed by atoms with Gasteiger partial charge in [0.25, 0.3) is 0 Å². The minimum absolute atomic E-state index is 0.0106. The van der Waals surface area contributed by atoms with E-state index in [1.165, 1.54) is 18.5 Å². The van der Waals surface area contributed by atoms with Crippen LogP contribution in [0.25, 0.3) is 22.9 Å². The summed E-state index contributed by atoms with van der Waals surface area (Å²) in [5, 5.41) is 8.46. The molecule has 0 bridgehead atoms. The minimum Gasteiger partial charge on any atom is -0.351 e. The summed E-state index contributed by atoms with van der Waals surface area (Å²) in [7, 11) is 0. The van der Waals surface area contributed by atoms with Gasteiger partial charge in [-0.15, -0.1) is 5.10 Å². The molecule has 32 heavy (non-hydrogen) atoms. The third-order valence-electron chi connectivity index (χ3n) is 5.40. The normalized spacial score (nSPS) is 14.4. The van der Waals surface area contributed by atoms with Gasteiger partial charge in [0, 0.05) is 32.3 Å². The number of aromatic nitrogens is 5. The van der Waals surface area contributed by atoms with Crippen LogP contribution in [0, 0.1) is 5.82 Å². The van der Waals surface area contributed by atoms with Gasteiger partial charge in [0.15, 0.2) is 17.0 Å². The highest BCUT2D eigenvalue weighted by Gasteiger charge is 2.24.